The number of nitrogens with zero attached hydrogens (tertiary/aromatic N) is 3. The SMILES string of the molecule is Cc1ccc(CN(Cc2ccccn2)C(=O)C[C@@H]2CCCCN2C)s1. The van der Waals surface area contributed by atoms with E-state index in [1.807, 2.05) is 23.1 Å². The molecule has 0 saturated carbocycles. The van der Waals surface area contributed by atoms with Gasteiger partial charge in [-0.1, -0.05) is 12.5 Å². The van der Waals surface area contributed by atoms with Crippen molar-refractivity contribution < 1.29 is 4.79 Å². The molecule has 25 heavy (non-hydrogen) atoms. The Labute approximate surface area is 154 Å². The van der Waals surface area contributed by atoms with Crippen LogP contribution in [0.5, 0.6) is 0 Å². The minimum atomic E-state index is 0.232. The molecule has 4 nitrogen and oxygen atoms in total. The normalized spacial score (nSPS) is 18.2. The third kappa shape index (κ3) is 5.13. The summed E-state index contributed by atoms with van der Waals surface area (Å²) in [5.41, 5.74) is 0.945. The number of amides is 1. The Morgan fingerprint density at radius 1 is 1.28 bits per heavy atom. The molecule has 0 aromatic carbocycles. The zero-order valence-electron chi connectivity index (χ0n) is 15.1. The highest BCUT2D eigenvalue weighted by molar-refractivity contribution is 7.11. The van der Waals surface area contributed by atoms with Crippen molar-refractivity contribution in [3.8, 4) is 0 Å². The molecule has 1 atom stereocenters. The number of pyridine rings is 1. The molecule has 0 bridgehead atoms. The number of hydrogen-bond acceptors (Lipinski definition) is 4. The Morgan fingerprint density at radius 3 is 2.84 bits per heavy atom. The highest BCUT2D eigenvalue weighted by Crippen LogP contribution is 2.22. The number of carbonyl (C=O) groups is 1. The van der Waals surface area contributed by atoms with Crippen LogP contribution in [-0.2, 0) is 17.9 Å². The van der Waals surface area contributed by atoms with E-state index >= 15 is 0 Å². The van der Waals surface area contributed by atoms with Crippen LogP contribution in [0.4, 0.5) is 0 Å². The van der Waals surface area contributed by atoms with Gasteiger partial charge in [0.2, 0.25) is 5.91 Å². The first-order valence-corrected chi connectivity index (χ1v) is 9.86. The highest BCUT2D eigenvalue weighted by atomic mass is 32.1. The maximum atomic E-state index is 13.0. The molecule has 2 aromatic rings. The fraction of sp³-hybridized carbons (Fsp3) is 0.500. The number of rotatable bonds is 6. The van der Waals surface area contributed by atoms with Gasteiger partial charge < -0.3 is 9.80 Å². The molecule has 3 rings (SSSR count). The molecule has 0 N–H and O–H groups in total. The van der Waals surface area contributed by atoms with E-state index in [0.717, 1.165) is 18.7 Å². The molecule has 5 heteroatoms. The van der Waals surface area contributed by atoms with E-state index in [4.69, 9.17) is 0 Å². The van der Waals surface area contributed by atoms with Gasteiger partial charge in [-0.05, 0) is 57.6 Å². The summed E-state index contributed by atoms with van der Waals surface area (Å²) in [6, 6.07) is 10.5. The minimum Gasteiger partial charge on any atom is -0.332 e. The summed E-state index contributed by atoms with van der Waals surface area (Å²) in [5, 5.41) is 0. The number of likely N-dealkylation sites (tertiary alicyclic amines) is 1. The standard InChI is InChI=1S/C20H27N3OS/c1-16-9-10-19(25-16)15-23(14-17-7-3-5-11-21-17)20(24)13-18-8-4-6-12-22(18)2/h3,5,7,9-11,18H,4,6,8,12-15H2,1-2H3/t18-/m0/s1. The van der Waals surface area contributed by atoms with Crippen LogP contribution in [-0.4, -0.2) is 40.3 Å². The summed E-state index contributed by atoms with van der Waals surface area (Å²) < 4.78 is 0. The Bertz CT molecular complexity index is 685. The summed E-state index contributed by atoms with van der Waals surface area (Å²) in [7, 11) is 2.14. The van der Waals surface area contributed by atoms with Crippen LogP contribution in [0, 0.1) is 6.92 Å². The molecule has 3 heterocycles. The lowest BCUT2D eigenvalue weighted by molar-refractivity contribution is -0.134. The number of thiophene rings is 1. The first-order valence-electron chi connectivity index (χ1n) is 9.05. The molecule has 0 unspecified atom stereocenters. The van der Waals surface area contributed by atoms with Gasteiger partial charge in [-0.2, -0.15) is 0 Å². The number of hydrogen-bond donors (Lipinski definition) is 0. The lowest BCUT2D eigenvalue weighted by atomic mass is 9.99. The first kappa shape index (κ1) is 18.1. The van der Waals surface area contributed by atoms with Gasteiger partial charge in [0.05, 0.1) is 18.8 Å². The van der Waals surface area contributed by atoms with Crippen molar-refractivity contribution in [1.82, 2.24) is 14.8 Å². The maximum Gasteiger partial charge on any atom is 0.224 e. The zero-order valence-corrected chi connectivity index (χ0v) is 16.0. The van der Waals surface area contributed by atoms with Crippen LogP contribution in [0.25, 0.3) is 0 Å². The largest absolute Gasteiger partial charge is 0.332 e. The molecule has 2 aromatic heterocycles. The van der Waals surface area contributed by atoms with E-state index in [9.17, 15) is 4.79 Å². The van der Waals surface area contributed by atoms with Crippen LogP contribution in [0.3, 0.4) is 0 Å². The second-order valence-corrected chi connectivity index (χ2v) is 8.29. The Kier molecular flexibility index (Phi) is 6.21. The van der Waals surface area contributed by atoms with Crippen molar-refractivity contribution in [2.75, 3.05) is 13.6 Å². The number of aromatic nitrogens is 1. The van der Waals surface area contributed by atoms with Crippen LogP contribution < -0.4 is 0 Å². The van der Waals surface area contributed by atoms with E-state index in [1.165, 1.54) is 22.6 Å². The van der Waals surface area contributed by atoms with Crippen molar-refractivity contribution in [3.05, 3.63) is 52.0 Å². The number of piperidine rings is 1. The van der Waals surface area contributed by atoms with Gasteiger partial charge in [0.1, 0.15) is 0 Å². The molecular weight excluding hydrogens is 330 g/mol. The average Bonchev–Trinajstić information content (AvgIpc) is 3.02. The predicted octanol–water partition coefficient (Wildman–Crippen LogP) is 3.85. The molecule has 0 spiro atoms. The quantitative estimate of drug-likeness (QED) is 0.788. The van der Waals surface area contributed by atoms with E-state index < -0.39 is 0 Å². The maximum absolute atomic E-state index is 13.0. The predicted molar refractivity (Wildman–Crippen MR) is 102 cm³/mol. The van der Waals surface area contributed by atoms with Gasteiger partial charge in [0, 0.05) is 28.4 Å². The fourth-order valence-electron chi connectivity index (χ4n) is 3.41. The van der Waals surface area contributed by atoms with Gasteiger partial charge in [-0.3, -0.25) is 9.78 Å². The first-order chi connectivity index (χ1) is 12.1. The average molecular weight is 358 g/mol. The van der Waals surface area contributed by atoms with Crippen molar-refractivity contribution in [2.45, 2.75) is 51.7 Å². The van der Waals surface area contributed by atoms with Crippen LogP contribution in [0.15, 0.2) is 36.5 Å². The molecule has 0 aliphatic carbocycles. The van der Waals surface area contributed by atoms with Gasteiger partial charge in [-0.25, -0.2) is 0 Å². The Balaban J connectivity index is 1.71. The monoisotopic (exact) mass is 357 g/mol. The second kappa shape index (κ2) is 8.59. The minimum absolute atomic E-state index is 0.232. The molecule has 1 amide bonds. The summed E-state index contributed by atoms with van der Waals surface area (Å²) in [6.07, 6.45) is 5.99. The third-order valence-electron chi connectivity index (χ3n) is 4.91. The van der Waals surface area contributed by atoms with Gasteiger partial charge >= 0.3 is 0 Å². The summed E-state index contributed by atoms with van der Waals surface area (Å²) in [5.74, 6) is 0.232. The smallest absolute Gasteiger partial charge is 0.224 e. The molecule has 134 valence electrons. The Morgan fingerprint density at radius 2 is 2.16 bits per heavy atom. The lowest BCUT2D eigenvalue weighted by Crippen LogP contribution is -2.41. The molecule has 1 fully saturated rings. The van der Waals surface area contributed by atoms with E-state index in [2.05, 4.69) is 36.0 Å². The molecule has 0 radical (unpaired) electrons. The summed E-state index contributed by atoms with van der Waals surface area (Å²) in [6.45, 7) is 4.45. The molecular formula is C20H27N3OS. The van der Waals surface area contributed by atoms with Crippen molar-refractivity contribution in [3.63, 3.8) is 0 Å². The van der Waals surface area contributed by atoms with Crippen LogP contribution in [0.2, 0.25) is 0 Å². The highest BCUT2D eigenvalue weighted by Gasteiger charge is 2.25. The van der Waals surface area contributed by atoms with E-state index in [1.54, 1.807) is 17.5 Å². The number of aryl methyl sites for hydroxylation is 1. The van der Waals surface area contributed by atoms with E-state index in [-0.39, 0.29) is 5.91 Å². The topological polar surface area (TPSA) is 36.4 Å². The molecule has 1 aliphatic rings. The summed E-state index contributed by atoms with van der Waals surface area (Å²) >= 11 is 1.77. The van der Waals surface area contributed by atoms with E-state index in [0.29, 0.717) is 25.6 Å². The third-order valence-corrected chi connectivity index (χ3v) is 5.89. The second-order valence-electron chi connectivity index (χ2n) is 6.92. The van der Waals surface area contributed by atoms with Crippen molar-refractivity contribution >= 4 is 17.2 Å². The van der Waals surface area contributed by atoms with Gasteiger partial charge in [0.15, 0.2) is 0 Å². The summed E-state index contributed by atoms with van der Waals surface area (Å²) in [4.78, 5) is 24.3. The lowest BCUT2D eigenvalue weighted by Gasteiger charge is -2.33. The van der Waals surface area contributed by atoms with Crippen molar-refractivity contribution in [2.24, 2.45) is 0 Å². The van der Waals surface area contributed by atoms with Gasteiger partial charge in [0.25, 0.3) is 0 Å². The zero-order chi connectivity index (χ0) is 17.6. The molecule has 1 saturated heterocycles. The van der Waals surface area contributed by atoms with Crippen LogP contribution >= 0.6 is 11.3 Å². The van der Waals surface area contributed by atoms with Crippen LogP contribution in [0.1, 0.15) is 41.1 Å². The number of carbonyl (C=O) groups excluding carboxylic acids is 1. The Hall–Kier alpha value is -1.72. The molecule has 1 aliphatic heterocycles. The fourth-order valence-corrected chi connectivity index (χ4v) is 4.32. The van der Waals surface area contributed by atoms with Crippen molar-refractivity contribution in [1.29, 1.82) is 0 Å². The van der Waals surface area contributed by atoms with Gasteiger partial charge in [-0.15, -0.1) is 11.3 Å².